The zero-order chi connectivity index (χ0) is 16.8. The van der Waals surface area contributed by atoms with E-state index in [0.717, 1.165) is 21.9 Å². The molecule has 6 heteroatoms. The maximum absolute atomic E-state index is 11.2. The van der Waals surface area contributed by atoms with E-state index in [-0.39, 0.29) is 5.56 Å². The average Bonchev–Trinajstić information content (AvgIpc) is 2.59. The van der Waals surface area contributed by atoms with Crippen LogP contribution in [0.3, 0.4) is 0 Å². The zero-order valence-corrected chi connectivity index (χ0v) is 14.0. The number of anilines is 1. The first-order chi connectivity index (χ1) is 11.1. The van der Waals surface area contributed by atoms with Crippen LogP contribution in [0.25, 0.3) is 0 Å². The number of carboxylic acids is 1. The fourth-order valence-electron chi connectivity index (χ4n) is 2.04. The summed E-state index contributed by atoms with van der Waals surface area (Å²) < 4.78 is 5.37. The van der Waals surface area contributed by atoms with E-state index in [1.165, 1.54) is 6.07 Å². The van der Waals surface area contributed by atoms with Gasteiger partial charge >= 0.3 is 5.97 Å². The van der Waals surface area contributed by atoms with Crippen molar-refractivity contribution in [1.82, 2.24) is 0 Å². The average molecular weight is 330 g/mol. The van der Waals surface area contributed by atoms with Crippen molar-refractivity contribution < 1.29 is 14.6 Å². The Morgan fingerprint density at radius 2 is 2.00 bits per heavy atom. The summed E-state index contributed by atoms with van der Waals surface area (Å²) in [6.45, 7) is 1.85. The predicted molar refractivity (Wildman–Crippen MR) is 94.0 cm³/mol. The molecule has 0 unspecified atom stereocenters. The zero-order valence-electron chi connectivity index (χ0n) is 13.2. The van der Waals surface area contributed by atoms with Crippen molar-refractivity contribution in [3.63, 3.8) is 0 Å². The molecule has 0 radical (unpaired) electrons. The number of ether oxygens (including phenoxy) is 1. The molecule has 0 spiro atoms. The van der Waals surface area contributed by atoms with Gasteiger partial charge in [0, 0.05) is 10.5 Å². The molecular formula is C17H18N2O3S. The molecule has 0 fully saturated rings. The molecule has 0 aliphatic rings. The van der Waals surface area contributed by atoms with Crippen LogP contribution in [0.15, 0.2) is 52.5 Å². The number of hydrogen-bond acceptors (Lipinski definition) is 5. The highest BCUT2D eigenvalue weighted by Gasteiger charge is 2.09. The molecule has 0 heterocycles. The summed E-state index contributed by atoms with van der Waals surface area (Å²) in [5.74, 6) is -0.206. The van der Waals surface area contributed by atoms with Gasteiger partial charge in [-0.2, -0.15) is 5.10 Å². The van der Waals surface area contributed by atoms with Crippen LogP contribution in [0.2, 0.25) is 0 Å². The fourth-order valence-corrected chi connectivity index (χ4v) is 2.58. The van der Waals surface area contributed by atoms with Crippen molar-refractivity contribution in [3.05, 3.63) is 53.6 Å². The Balaban J connectivity index is 2.26. The van der Waals surface area contributed by atoms with E-state index in [2.05, 4.69) is 10.5 Å². The van der Waals surface area contributed by atoms with Crippen LogP contribution >= 0.6 is 11.8 Å². The quantitative estimate of drug-likeness (QED) is 0.477. The fraction of sp³-hybridized carbons (Fsp3) is 0.176. The van der Waals surface area contributed by atoms with Gasteiger partial charge in [0.05, 0.1) is 24.1 Å². The first-order valence-electron chi connectivity index (χ1n) is 6.92. The molecule has 0 saturated heterocycles. The molecule has 0 aliphatic carbocycles. The van der Waals surface area contributed by atoms with Gasteiger partial charge in [0.15, 0.2) is 0 Å². The molecule has 23 heavy (non-hydrogen) atoms. The van der Waals surface area contributed by atoms with Crippen molar-refractivity contribution in [2.45, 2.75) is 11.8 Å². The summed E-state index contributed by atoms with van der Waals surface area (Å²) in [7, 11) is 1.63. The van der Waals surface area contributed by atoms with Gasteiger partial charge < -0.3 is 9.84 Å². The van der Waals surface area contributed by atoms with Crippen molar-refractivity contribution in [2.75, 3.05) is 18.8 Å². The predicted octanol–water partition coefficient (Wildman–Crippen LogP) is 3.95. The third kappa shape index (κ3) is 4.04. The lowest BCUT2D eigenvalue weighted by Crippen LogP contribution is -2.05. The number of aromatic carboxylic acids is 1. The van der Waals surface area contributed by atoms with Gasteiger partial charge in [-0.15, -0.1) is 11.8 Å². The number of nitrogens with zero attached hydrogens (tertiary/aromatic N) is 1. The number of hydrazone groups is 1. The molecule has 2 aromatic rings. The number of para-hydroxylation sites is 1. The number of thioether (sulfide) groups is 1. The molecule has 0 saturated carbocycles. The topological polar surface area (TPSA) is 70.9 Å². The van der Waals surface area contributed by atoms with Gasteiger partial charge in [-0.3, -0.25) is 5.43 Å². The maximum Gasteiger partial charge on any atom is 0.337 e. The number of methoxy groups -OCH3 is 1. The molecule has 0 bridgehead atoms. The number of carbonyl (C=O) groups is 1. The normalized spacial score (nSPS) is 11.2. The van der Waals surface area contributed by atoms with Gasteiger partial charge in [-0.05, 0) is 37.4 Å². The van der Waals surface area contributed by atoms with Gasteiger partial charge in [0.1, 0.15) is 5.75 Å². The lowest BCUT2D eigenvalue weighted by molar-refractivity contribution is 0.0698. The van der Waals surface area contributed by atoms with Gasteiger partial charge in [-0.25, -0.2) is 4.79 Å². The van der Waals surface area contributed by atoms with E-state index in [9.17, 15) is 4.79 Å². The third-order valence-corrected chi connectivity index (χ3v) is 4.08. The van der Waals surface area contributed by atoms with E-state index in [1.807, 2.05) is 31.4 Å². The van der Waals surface area contributed by atoms with Gasteiger partial charge in [0.2, 0.25) is 0 Å². The Morgan fingerprint density at radius 3 is 2.65 bits per heavy atom. The number of nitrogens with one attached hydrogen (secondary N) is 1. The molecule has 0 atom stereocenters. The van der Waals surface area contributed by atoms with Crippen molar-refractivity contribution in [1.29, 1.82) is 0 Å². The molecule has 2 aromatic carbocycles. The Kier molecular flexibility index (Phi) is 5.65. The lowest BCUT2D eigenvalue weighted by atomic mass is 10.1. The number of benzene rings is 2. The van der Waals surface area contributed by atoms with Crippen molar-refractivity contribution in [2.24, 2.45) is 5.10 Å². The standard InChI is InChI=1S/C17H18N2O3S/c1-11(12-8-9-16(23-3)15(10-12)22-2)18-19-14-7-5-4-6-13(14)17(20)21/h4-10,19H,1-3H3,(H,20,21)/b18-11+. The van der Waals surface area contributed by atoms with Crippen molar-refractivity contribution in [3.8, 4) is 5.75 Å². The van der Waals surface area contributed by atoms with Gasteiger partial charge in [-0.1, -0.05) is 18.2 Å². The Labute approximate surface area is 139 Å². The van der Waals surface area contributed by atoms with E-state index in [4.69, 9.17) is 9.84 Å². The molecule has 2 N–H and O–H groups in total. The van der Waals surface area contributed by atoms with Crippen LogP contribution in [0.4, 0.5) is 5.69 Å². The molecule has 5 nitrogen and oxygen atoms in total. The second-order valence-electron chi connectivity index (χ2n) is 4.73. The maximum atomic E-state index is 11.2. The lowest BCUT2D eigenvalue weighted by Gasteiger charge is -2.10. The van der Waals surface area contributed by atoms with Crippen LogP contribution < -0.4 is 10.2 Å². The second kappa shape index (κ2) is 7.69. The summed E-state index contributed by atoms with van der Waals surface area (Å²) in [6.07, 6.45) is 1.99. The van der Waals surface area contributed by atoms with E-state index in [0.29, 0.717) is 5.69 Å². The molecule has 0 aliphatic heterocycles. The van der Waals surface area contributed by atoms with E-state index >= 15 is 0 Å². The molecule has 2 rings (SSSR count). The largest absolute Gasteiger partial charge is 0.496 e. The van der Waals surface area contributed by atoms with Crippen LogP contribution in [-0.2, 0) is 0 Å². The smallest absolute Gasteiger partial charge is 0.337 e. The first-order valence-corrected chi connectivity index (χ1v) is 8.14. The minimum atomic E-state index is -0.994. The van der Waals surface area contributed by atoms with Crippen LogP contribution in [-0.4, -0.2) is 30.2 Å². The first kappa shape index (κ1) is 16.9. The number of rotatable bonds is 6. The monoisotopic (exact) mass is 330 g/mol. The summed E-state index contributed by atoms with van der Waals surface area (Å²) >= 11 is 1.61. The highest BCUT2D eigenvalue weighted by molar-refractivity contribution is 7.98. The van der Waals surface area contributed by atoms with Crippen LogP contribution in [0.1, 0.15) is 22.8 Å². The molecule has 120 valence electrons. The van der Waals surface area contributed by atoms with Crippen LogP contribution in [0.5, 0.6) is 5.75 Å². The minimum Gasteiger partial charge on any atom is -0.496 e. The molecule has 0 aromatic heterocycles. The second-order valence-corrected chi connectivity index (χ2v) is 5.58. The Bertz CT molecular complexity index is 744. The summed E-state index contributed by atoms with van der Waals surface area (Å²) in [6, 6.07) is 12.5. The molecular weight excluding hydrogens is 312 g/mol. The highest BCUT2D eigenvalue weighted by atomic mass is 32.2. The number of hydrogen-bond donors (Lipinski definition) is 2. The summed E-state index contributed by atoms with van der Waals surface area (Å²) in [4.78, 5) is 12.2. The Hall–Kier alpha value is -2.47. The SMILES string of the molecule is COc1cc(/C(C)=N/Nc2ccccc2C(=O)O)ccc1SC. The summed E-state index contributed by atoms with van der Waals surface area (Å²) in [5, 5.41) is 13.4. The molecule has 0 amide bonds. The minimum absolute atomic E-state index is 0.180. The third-order valence-electron chi connectivity index (χ3n) is 3.30. The van der Waals surface area contributed by atoms with E-state index in [1.54, 1.807) is 37.1 Å². The van der Waals surface area contributed by atoms with Gasteiger partial charge in [0.25, 0.3) is 0 Å². The summed E-state index contributed by atoms with van der Waals surface area (Å²) in [5.41, 5.74) is 5.09. The van der Waals surface area contributed by atoms with E-state index < -0.39 is 5.97 Å². The van der Waals surface area contributed by atoms with Crippen molar-refractivity contribution >= 4 is 29.1 Å². The van der Waals surface area contributed by atoms with Crippen LogP contribution in [0, 0.1) is 0 Å². The Morgan fingerprint density at radius 1 is 1.26 bits per heavy atom. The number of carboxylic acid groups (broad SMARTS) is 1. The highest BCUT2D eigenvalue weighted by Crippen LogP contribution is 2.28.